The Morgan fingerprint density at radius 3 is 2.38 bits per heavy atom. The number of carbonyl (C=O) groups excluding carboxylic acids is 1. The fourth-order valence-electron chi connectivity index (χ4n) is 5.18. The van der Waals surface area contributed by atoms with Crippen LogP contribution in [0.4, 0.5) is 0 Å². The molecule has 3 aromatic heterocycles. The molecule has 1 saturated heterocycles. The van der Waals surface area contributed by atoms with Gasteiger partial charge in [-0.2, -0.15) is 18.6 Å². The number of aromatic nitrogens is 4. The second-order valence-corrected chi connectivity index (χ2v) is 11.9. The van der Waals surface area contributed by atoms with Crippen molar-refractivity contribution in [3.8, 4) is 10.8 Å². The Morgan fingerprint density at radius 1 is 1.14 bits per heavy atom. The Hall–Kier alpha value is -3.35. The van der Waals surface area contributed by atoms with Gasteiger partial charge in [0.05, 0.1) is 12.5 Å². The maximum absolute atomic E-state index is 14.1. The van der Waals surface area contributed by atoms with Gasteiger partial charge in [-0.3, -0.25) is 14.2 Å². The van der Waals surface area contributed by atoms with E-state index in [2.05, 4.69) is 5.10 Å². The van der Waals surface area contributed by atoms with Crippen LogP contribution in [0, 0.1) is 6.92 Å². The second-order valence-electron chi connectivity index (χ2n) is 11.0. The van der Waals surface area contributed by atoms with Gasteiger partial charge < -0.3 is 14.7 Å². The Balaban J connectivity index is 0.000000911. The highest BCUT2D eigenvalue weighted by Gasteiger charge is 2.39. The topological polar surface area (TPSA) is 112 Å². The third kappa shape index (κ3) is 6.50. The van der Waals surface area contributed by atoms with Gasteiger partial charge in [0, 0.05) is 43.7 Å². The van der Waals surface area contributed by atoms with E-state index in [1.54, 1.807) is 55.2 Å². The largest absolute Gasteiger partial charge is 0.496 e. The van der Waals surface area contributed by atoms with Crippen LogP contribution in [0.3, 0.4) is 0 Å². The summed E-state index contributed by atoms with van der Waals surface area (Å²) in [6.07, 6.45) is 5.69. The van der Waals surface area contributed by atoms with E-state index in [4.69, 9.17) is 9.84 Å². The first-order chi connectivity index (χ1) is 19.5. The van der Waals surface area contributed by atoms with Crippen LogP contribution in [-0.2, 0) is 23.3 Å². The predicted molar refractivity (Wildman–Crippen MR) is 172 cm³/mol. The maximum Gasteiger partial charge on any atom is 0.333 e. The molecule has 228 valence electrons. The van der Waals surface area contributed by atoms with Crippen molar-refractivity contribution in [2.45, 2.75) is 72.1 Å². The van der Waals surface area contributed by atoms with Crippen LogP contribution >= 0.6 is 24.8 Å². The lowest BCUT2D eigenvalue weighted by Gasteiger charge is -2.31. The molecule has 0 saturated carbocycles. The number of aliphatic hydroxyl groups is 1. The molecule has 1 aliphatic heterocycles. The van der Waals surface area contributed by atoms with Crippen molar-refractivity contribution in [2.75, 3.05) is 20.2 Å². The van der Waals surface area contributed by atoms with Crippen LogP contribution in [0.25, 0.3) is 15.2 Å². The molecule has 1 aromatic carbocycles. The summed E-state index contributed by atoms with van der Waals surface area (Å²) in [4.78, 5) is 43.9. The number of thiophene rings is 1. The van der Waals surface area contributed by atoms with Gasteiger partial charge in [-0.15, -0.1) is 0 Å². The number of hydrogen-bond acceptors (Lipinski definition) is 7. The van der Waals surface area contributed by atoms with Gasteiger partial charge >= 0.3 is 5.69 Å². The molecule has 0 aliphatic carbocycles. The summed E-state index contributed by atoms with van der Waals surface area (Å²) in [5.74, 6) is 0.532. The summed E-state index contributed by atoms with van der Waals surface area (Å²) in [5.41, 5.74) is -0.579. The number of ether oxygens (including phenoxy) is 1. The van der Waals surface area contributed by atoms with Gasteiger partial charge in [0.2, 0.25) is 5.91 Å². The van der Waals surface area contributed by atoms with Crippen LogP contribution in [0.2, 0.25) is 0 Å². The molecule has 12 heteroatoms. The minimum atomic E-state index is -1.33. The van der Waals surface area contributed by atoms with E-state index in [-0.39, 0.29) is 25.5 Å². The van der Waals surface area contributed by atoms with Crippen LogP contribution in [-0.4, -0.2) is 61.1 Å². The highest BCUT2D eigenvalue weighted by atomic mass is 32.1. The summed E-state index contributed by atoms with van der Waals surface area (Å²) in [7, 11) is 1.62. The summed E-state index contributed by atoms with van der Waals surface area (Å²) >= 11 is 1.36. The monoisotopic (exact) mass is 615 g/mol. The molecule has 5 rings (SSSR count). The average molecular weight is 616 g/mol. The van der Waals surface area contributed by atoms with Crippen molar-refractivity contribution in [1.82, 2.24) is 23.8 Å². The molecule has 1 amide bonds. The van der Waals surface area contributed by atoms with Crippen molar-refractivity contribution < 1.29 is 14.6 Å². The lowest BCUT2D eigenvalue weighted by atomic mass is 10.0. The van der Waals surface area contributed by atoms with Crippen molar-refractivity contribution in [3.05, 3.63) is 74.7 Å². The molecule has 1 N–H and O–H groups in total. The van der Waals surface area contributed by atoms with Crippen LogP contribution < -0.4 is 16.0 Å². The first kappa shape index (κ1) is 33.2. The van der Waals surface area contributed by atoms with Crippen molar-refractivity contribution in [1.29, 1.82) is 0 Å². The normalized spacial score (nSPS) is 13.2. The molecule has 0 unspecified atom stereocenters. The number of methoxy groups -OCH3 is 1. The van der Waals surface area contributed by atoms with Crippen molar-refractivity contribution in [3.63, 3.8) is 0 Å². The van der Waals surface area contributed by atoms with E-state index in [0.29, 0.717) is 36.3 Å². The van der Waals surface area contributed by atoms with Gasteiger partial charge in [-0.05, 0) is 71.6 Å². The van der Waals surface area contributed by atoms with Gasteiger partial charge in [0.1, 0.15) is 21.1 Å². The van der Waals surface area contributed by atoms with E-state index in [0.717, 1.165) is 39.3 Å². The third-order valence-corrected chi connectivity index (χ3v) is 8.48. The van der Waals surface area contributed by atoms with E-state index in [1.165, 1.54) is 11.3 Å². The Morgan fingerprint density at radius 2 is 1.79 bits per heavy atom. The molecule has 10 nitrogen and oxygen atoms in total. The summed E-state index contributed by atoms with van der Waals surface area (Å²) in [6, 6.07) is 9.50. The third-order valence-electron chi connectivity index (χ3n) is 7.17. The molecule has 0 bridgehead atoms. The minimum Gasteiger partial charge on any atom is -0.496 e. The van der Waals surface area contributed by atoms with E-state index >= 15 is 0 Å². The highest BCUT2D eigenvalue weighted by molar-refractivity contribution is 7.59. The van der Waals surface area contributed by atoms with Crippen molar-refractivity contribution in [2.24, 2.45) is 0 Å². The first-order valence-electron chi connectivity index (χ1n) is 13.9. The second kappa shape index (κ2) is 13.7. The molecule has 42 heavy (non-hydrogen) atoms. The smallest absolute Gasteiger partial charge is 0.333 e. The molecule has 1 aliphatic rings. The Kier molecular flexibility index (Phi) is 10.9. The number of benzene rings is 1. The molecule has 1 fully saturated rings. The van der Waals surface area contributed by atoms with Gasteiger partial charge in [-0.25, -0.2) is 14.0 Å². The quantitative estimate of drug-likeness (QED) is 0.338. The van der Waals surface area contributed by atoms with Crippen LogP contribution in [0.5, 0.6) is 5.75 Å². The summed E-state index contributed by atoms with van der Waals surface area (Å²) in [6.45, 7) is 10.3. The molecule has 4 aromatic rings. The standard InChI is InChI=1S/C27H31N5O4S.C3H8O.H2S/c1-18-21-22(33)32(27(2,3)25(34)29-14-7-8-15-29)26(35)30(17-12-19-10-5-6-11-20(19)36-4)24(21)37-23(18)31-16-9-13-28-31;1-3(2)4;/h5-6,9-11,13,16H,7-8,12,14-15,17H2,1-4H3;3-4H,1-2H3;1H2. The van der Waals surface area contributed by atoms with Crippen LogP contribution in [0.1, 0.15) is 51.7 Å². The molecular formula is C30H41N5O5S2. The molecule has 0 spiro atoms. The van der Waals surface area contributed by atoms with E-state index in [9.17, 15) is 14.4 Å². The Labute approximate surface area is 256 Å². The summed E-state index contributed by atoms with van der Waals surface area (Å²) < 4.78 is 10.0. The number of aliphatic hydroxyl groups excluding tert-OH is 1. The predicted octanol–water partition coefficient (Wildman–Crippen LogP) is 3.83. The number of hydrogen-bond donors (Lipinski definition) is 1. The number of fused-ring (bicyclic) bond motifs is 1. The fourth-order valence-corrected chi connectivity index (χ4v) is 6.44. The number of rotatable bonds is 7. The number of carbonyl (C=O) groups is 1. The Bertz CT molecular complexity index is 1630. The number of nitrogens with zero attached hydrogens (tertiary/aromatic N) is 5. The minimum absolute atomic E-state index is 0. The zero-order chi connectivity index (χ0) is 29.9. The van der Waals surface area contributed by atoms with E-state index in [1.807, 2.05) is 43.5 Å². The average Bonchev–Trinajstić information content (AvgIpc) is 3.70. The molecule has 4 heterocycles. The number of para-hydroxylation sites is 1. The lowest BCUT2D eigenvalue weighted by Crippen LogP contribution is -2.56. The molecule has 0 radical (unpaired) electrons. The van der Waals surface area contributed by atoms with E-state index < -0.39 is 16.8 Å². The zero-order valence-electron chi connectivity index (χ0n) is 25.1. The lowest BCUT2D eigenvalue weighted by molar-refractivity contribution is -0.138. The van der Waals surface area contributed by atoms with Gasteiger partial charge in [-0.1, -0.05) is 29.5 Å². The van der Waals surface area contributed by atoms with Gasteiger partial charge in [0.25, 0.3) is 5.56 Å². The van der Waals surface area contributed by atoms with Crippen LogP contribution in [0.15, 0.2) is 52.3 Å². The number of likely N-dealkylation sites (tertiary alicyclic amines) is 1. The number of aryl methyl sites for hydroxylation is 3. The summed E-state index contributed by atoms with van der Waals surface area (Å²) in [5, 5.41) is 13.6. The fraction of sp³-hybridized carbons (Fsp3) is 0.467. The SMILES string of the molecule is CC(C)O.COc1ccccc1CCn1c(=O)n(C(C)(C)C(=O)N2CCCC2)c(=O)c2c(C)c(-n3cccn3)sc21.S. The number of amides is 1. The highest BCUT2D eigenvalue weighted by Crippen LogP contribution is 2.32. The van der Waals surface area contributed by atoms with Crippen molar-refractivity contribution >= 4 is 41.0 Å². The van der Waals surface area contributed by atoms with Gasteiger partial charge in [0.15, 0.2) is 0 Å². The first-order valence-corrected chi connectivity index (χ1v) is 14.7. The maximum atomic E-state index is 14.1. The molecule has 0 atom stereocenters. The zero-order valence-corrected chi connectivity index (χ0v) is 26.9. The molecular weight excluding hydrogens is 574 g/mol.